The Morgan fingerprint density at radius 1 is 1.19 bits per heavy atom. The highest BCUT2D eigenvalue weighted by Gasteiger charge is 2.28. The summed E-state index contributed by atoms with van der Waals surface area (Å²) >= 11 is 5.37. The third kappa shape index (κ3) is 3.17. The molecule has 1 aliphatic heterocycles. The lowest BCUT2D eigenvalue weighted by molar-refractivity contribution is 0.531. The Bertz CT molecular complexity index is 608. The molecule has 2 unspecified atom stereocenters. The van der Waals surface area contributed by atoms with Crippen molar-refractivity contribution in [3.05, 3.63) is 50.6 Å². The van der Waals surface area contributed by atoms with Crippen LogP contribution in [0.4, 0.5) is 5.69 Å². The predicted molar refractivity (Wildman–Crippen MR) is 95.1 cm³/mol. The van der Waals surface area contributed by atoms with Gasteiger partial charge < -0.3 is 10.6 Å². The number of para-hydroxylation sites is 1. The second kappa shape index (κ2) is 6.51. The maximum Gasteiger partial charge on any atom is 0.0783 e. The normalized spacial score (nSPS) is 18.0. The molecule has 2 atom stereocenters. The molecule has 1 aromatic heterocycles. The maximum absolute atomic E-state index is 6.37. The van der Waals surface area contributed by atoms with Gasteiger partial charge in [0.25, 0.3) is 0 Å². The van der Waals surface area contributed by atoms with E-state index in [1.165, 1.54) is 39.2 Å². The smallest absolute Gasteiger partial charge is 0.0783 e. The number of hydrogen-bond acceptors (Lipinski definition) is 3. The van der Waals surface area contributed by atoms with Crippen molar-refractivity contribution in [1.82, 2.24) is 0 Å². The summed E-state index contributed by atoms with van der Waals surface area (Å²) in [6.07, 6.45) is 3.66. The second-order valence-corrected chi connectivity index (χ2v) is 8.22. The van der Waals surface area contributed by atoms with E-state index in [1.807, 2.05) is 0 Å². The van der Waals surface area contributed by atoms with Gasteiger partial charge in [0.1, 0.15) is 0 Å². The summed E-state index contributed by atoms with van der Waals surface area (Å²) < 4.78 is 1.17. The van der Waals surface area contributed by atoms with Crippen molar-refractivity contribution in [2.75, 3.05) is 11.4 Å². The van der Waals surface area contributed by atoms with E-state index >= 15 is 0 Å². The Morgan fingerprint density at radius 3 is 2.71 bits per heavy atom. The first kappa shape index (κ1) is 15.1. The molecule has 4 heteroatoms. The van der Waals surface area contributed by atoms with E-state index in [9.17, 15) is 0 Å². The minimum atomic E-state index is 0.0988. The van der Waals surface area contributed by atoms with E-state index in [2.05, 4.69) is 64.2 Å². The molecule has 0 amide bonds. The molecule has 0 spiro atoms. The van der Waals surface area contributed by atoms with Crippen LogP contribution in [-0.2, 0) is 6.42 Å². The first-order valence-corrected chi connectivity index (χ1v) is 9.13. The Balaban J connectivity index is 2.03. The summed E-state index contributed by atoms with van der Waals surface area (Å²) in [5.41, 5.74) is 9.18. The number of thiophene rings is 1. The predicted octanol–water partition coefficient (Wildman–Crippen LogP) is 4.74. The Morgan fingerprint density at radius 2 is 2.00 bits per heavy atom. The van der Waals surface area contributed by atoms with Crippen molar-refractivity contribution in [3.8, 4) is 0 Å². The number of nitrogens with two attached hydrogens (primary N) is 1. The van der Waals surface area contributed by atoms with Gasteiger partial charge in [0.15, 0.2) is 0 Å². The number of anilines is 1. The lowest BCUT2D eigenvalue weighted by Gasteiger charge is -2.35. The molecule has 1 aliphatic rings. The molecule has 3 rings (SSSR count). The molecular weight excluding hydrogens is 344 g/mol. The van der Waals surface area contributed by atoms with Crippen LogP contribution in [-0.4, -0.2) is 12.6 Å². The van der Waals surface area contributed by atoms with Crippen molar-refractivity contribution in [1.29, 1.82) is 0 Å². The summed E-state index contributed by atoms with van der Waals surface area (Å²) in [4.78, 5) is 3.86. The largest absolute Gasteiger partial charge is 0.362 e. The van der Waals surface area contributed by atoms with Crippen LogP contribution in [0.3, 0.4) is 0 Å². The van der Waals surface area contributed by atoms with E-state index in [1.54, 1.807) is 11.3 Å². The Hall–Kier alpha value is -0.840. The molecule has 0 saturated heterocycles. The molecule has 2 nitrogen and oxygen atoms in total. The standard InChI is InChI=1S/C17H21BrN2S/c1-12(19)17(15-9-10-16(18)21-15)20-11-5-4-7-13-6-2-3-8-14(13)20/h2-3,6,8-10,12,17H,4-5,7,11,19H2,1H3. The number of hydrogen-bond donors (Lipinski definition) is 1. The third-order valence-corrected chi connectivity index (χ3v) is 5.81. The summed E-state index contributed by atoms with van der Waals surface area (Å²) in [5, 5.41) is 0. The Labute approximate surface area is 139 Å². The molecule has 2 aromatic rings. The molecule has 0 radical (unpaired) electrons. The van der Waals surface area contributed by atoms with Gasteiger partial charge in [-0.25, -0.2) is 0 Å². The van der Waals surface area contributed by atoms with Gasteiger partial charge in [-0.15, -0.1) is 11.3 Å². The maximum atomic E-state index is 6.37. The van der Waals surface area contributed by atoms with Crippen LogP contribution in [0.5, 0.6) is 0 Å². The van der Waals surface area contributed by atoms with Gasteiger partial charge >= 0.3 is 0 Å². The summed E-state index contributed by atoms with van der Waals surface area (Å²) in [5.74, 6) is 0. The fourth-order valence-corrected chi connectivity index (χ4v) is 4.85. The molecule has 112 valence electrons. The number of benzene rings is 1. The number of nitrogens with zero attached hydrogens (tertiary/aromatic N) is 1. The fourth-order valence-electron chi connectivity index (χ4n) is 3.19. The summed E-state index contributed by atoms with van der Waals surface area (Å²) in [6, 6.07) is 13.5. The fraction of sp³-hybridized carbons (Fsp3) is 0.412. The second-order valence-electron chi connectivity index (χ2n) is 5.73. The van der Waals surface area contributed by atoms with Crippen LogP contribution in [0.2, 0.25) is 0 Å². The topological polar surface area (TPSA) is 29.3 Å². The first-order chi connectivity index (χ1) is 10.2. The molecular formula is C17H21BrN2S. The number of rotatable bonds is 3. The van der Waals surface area contributed by atoms with Crippen molar-refractivity contribution in [2.24, 2.45) is 5.73 Å². The monoisotopic (exact) mass is 364 g/mol. The van der Waals surface area contributed by atoms with Crippen LogP contribution in [0.15, 0.2) is 40.2 Å². The van der Waals surface area contributed by atoms with Crippen molar-refractivity contribution < 1.29 is 0 Å². The van der Waals surface area contributed by atoms with E-state index in [-0.39, 0.29) is 12.1 Å². The van der Waals surface area contributed by atoms with Crippen molar-refractivity contribution in [3.63, 3.8) is 0 Å². The summed E-state index contributed by atoms with van der Waals surface area (Å²) in [7, 11) is 0. The lowest BCUT2D eigenvalue weighted by atomic mass is 10.0. The van der Waals surface area contributed by atoms with Gasteiger partial charge in [0.05, 0.1) is 9.83 Å². The van der Waals surface area contributed by atoms with Crippen molar-refractivity contribution >= 4 is 33.0 Å². The SMILES string of the molecule is CC(N)C(c1ccc(Br)s1)N1CCCCc2ccccc21. The van der Waals surface area contributed by atoms with Crippen LogP contribution < -0.4 is 10.6 Å². The number of fused-ring (bicyclic) bond motifs is 1. The molecule has 0 bridgehead atoms. The highest BCUT2D eigenvalue weighted by Crippen LogP contribution is 2.38. The Kier molecular flexibility index (Phi) is 4.67. The van der Waals surface area contributed by atoms with E-state index < -0.39 is 0 Å². The minimum absolute atomic E-state index is 0.0988. The zero-order valence-corrected chi connectivity index (χ0v) is 14.7. The molecule has 2 N–H and O–H groups in total. The summed E-state index contributed by atoms with van der Waals surface area (Å²) in [6.45, 7) is 3.20. The van der Waals surface area contributed by atoms with E-state index in [0.717, 1.165) is 6.54 Å². The zero-order chi connectivity index (χ0) is 14.8. The van der Waals surface area contributed by atoms with Crippen molar-refractivity contribution in [2.45, 2.75) is 38.3 Å². The van der Waals surface area contributed by atoms with Gasteiger partial charge in [-0.2, -0.15) is 0 Å². The van der Waals surface area contributed by atoms with E-state index in [4.69, 9.17) is 5.73 Å². The van der Waals surface area contributed by atoms with Gasteiger partial charge in [-0.3, -0.25) is 0 Å². The molecule has 21 heavy (non-hydrogen) atoms. The molecule has 0 aliphatic carbocycles. The van der Waals surface area contributed by atoms with Gasteiger partial charge in [0.2, 0.25) is 0 Å². The van der Waals surface area contributed by atoms with Gasteiger partial charge in [-0.05, 0) is 65.9 Å². The number of aryl methyl sites for hydroxylation is 1. The van der Waals surface area contributed by atoms with Gasteiger partial charge in [0, 0.05) is 23.2 Å². The highest BCUT2D eigenvalue weighted by atomic mass is 79.9. The zero-order valence-electron chi connectivity index (χ0n) is 12.3. The van der Waals surface area contributed by atoms with E-state index in [0.29, 0.717) is 0 Å². The van der Waals surface area contributed by atoms with Crippen LogP contribution in [0, 0.1) is 0 Å². The first-order valence-electron chi connectivity index (χ1n) is 7.52. The highest BCUT2D eigenvalue weighted by molar-refractivity contribution is 9.11. The number of halogens is 1. The third-order valence-electron chi connectivity index (χ3n) is 4.12. The average Bonchev–Trinajstić information content (AvgIpc) is 2.77. The average molecular weight is 365 g/mol. The van der Waals surface area contributed by atoms with Crippen LogP contribution in [0.25, 0.3) is 0 Å². The molecule has 2 heterocycles. The lowest BCUT2D eigenvalue weighted by Crippen LogP contribution is -2.39. The van der Waals surface area contributed by atoms with Crippen LogP contribution >= 0.6 is 27.3 Å². The molecule has 0 saturated carbocycles. The quantitative estimate of drug-likeness (QED) is 0.851. The molecule has 0 fully saturated rings. The molecule has 1 aromatic carbocycles. The van der Waals surface area contributed by atoms with Gasteiger partial charge in [-0.1, -0.05) is 18.2 Å². The van der Waals surface area contributed by atoms with Crippen LogP contribution in [0.1, 0.15) is 36.2 Å². The minimum Gasteiger partial charge on any atom is -0.362 e.